The molecule has 3 atom stereocenters. The van der Waals surface area contributed by atoms with Gasteiger partial charge in [0.05, 0.1) is 12.2 Å². The molecule has 0 N–H and O–H groups in total. The van der Waals surface area contributed by atoms with Crippen molar-refractivity contribution in [2.24, 2.45) is 5.92 Å². The average Bonchev–Trinajstić information content (AvgIpc) is 2.14. The summed E-state index contributed by atoms with van der Waals surface area (Å²) in [5, 5.41) is 0. The van der Waals surface area contributed by atoms with Crippen molar-refractivity contribution in [1.82, 2.24) is 0 Å². The molecule has 1 saturated heterocycles. The molecule has 9 heavy (non-hydrogen) atoms. The summed E-state index contributed by atoms with van der Waals surface area (Å²) in [6.45, 7) is 2.22. The summed E-state index contributed by atoms with van der Waals surface area (Å²) in [4.78, 5) is 0. The summed E-state index contributed by atoms with van der Waals surface area (Å²) in [6, 6.07) is 0. The van der Waals surface area contributed by atoms with Gasteiger partial charge in [0.2, 0.25) is 0 Å². The minimum absolute atomic E-state index is 0.637. The van der Waals surface area contributed by atoms with Crippen molar-refractivity contribution in [2.75, 3.05) is 0 Å². The summed E-state index contributed by atoms with van der Waals surface area (Å²) in [7, 11) is 0. The molecule has 2 rings (SSSR count). The molecule has 0 aromatic heterocycles. The number of hydrogen-bond acceptors (Lipinski definition) is 1. The third-order valence-electron chi connectivity index (χ3n) is 2.73. The van der Waals surface area contributed by atoms with Crippen molar-refractivity contribution in [3.05, 3.63) is 0 Å². The van der Waals surface area contributed by atoms with Crippen LogP contribution >= 0.6 is 0 Å². The van der Waals surface area contributed by atoms with E-state index in [1.54, 1.807) is 0 Å². The van der Waals surface area contributed by atoms with Gasteiger partial charge in [-0.25, -0.2) is 0 Å². The van der Waals surface area contributed by atoms with Crippen LogP contribution in [0.15, 0.2) is 0 Å². The smallest absolute Gasteiger partial charge is 0.0632 e. The fourth-order valence-electron chi connectivity index (χ4n) is 2.18. The summed E-state index contributed by atoms with van der Waals surface area (Å²) in [6.07, 6.45) is 6.71. The molecule has 2 fully saturated rings. The van der Waals surface area contributed by atoms with Crippen LogP contribution in [0, 0.1) is 5.92 Å². The molecule has 0 aromatic carbocycles. The maximum absolute atomic E-state index is 5.61. The Morgan fingerprint density at radius 3 is 3.00 bits per heavy atom. The predicted molar refractivity (Wildman–Crippen MR) is 36.3 cm³/mol. The lowest BCUT2D eigenvalue weighted by Crippen LogP contribution is -2.44. The molecule has 1 aliphatic carbocycles. The monoisotopic (exact) mass is 126 g/mol. The molecule has 2 aliphatic rings. The van der Waals surface area contributed by atoms with E-state index in [2.05, 4.69) is 6.92 Å². The molecule has 1 heterocycles. The van der Waals surface area contributed by atoms with E-state index in [0.717, 1.165) is 5.92 Å². The zero-order valence-corrected chi connectivity index (χ0v) is 5.97. The lowest BCUT2D eigenvalue weighted by molar-refractivity contribution is -0.167. The Morgan fingerprint density at radius 1 is 1.44 bits per heavy atom. The number of hydrogen-bond donors (Lipinski definition) is 0. The van der Waals surface area contributed by atoms with Gasteiger partial charge in [0.25, 0.3) is 0 Å². The Kier molecular flexibility index (Phi) is 1.26. The largest absolute Gasteiger partial charge is 0.374 e. The molecule has 1 nitrogen and oxygen atoms in total. The van der Waals surface area contributed by atoms with Gasteiger partial charge in [-0.2, -0.15) is 0 Å². The quantitative estimate of drug-likeness (QED) is 0.522. The topological polar surface area (TPSA) is 9.23 Å². The van der Waals surface area contributed by atoms with Gasteiger partial charge in [-0.05, 0) is 19.3 Å². The van der Waals surface area contributed by atoms with Crippen LogP contribution in [0.3, 0.4) is 0 Å². The highest BCUT2D eigenvalue weighted by Gasteiger charge is 2.43. The van der Waals surface area contributed by atoms with E-state index in [9.17, 15) is 0 Å². The first-order valence-electron chi connectivity index (χ1n) is 4.07. The summed E-state index contributed by atoms with van der Waals surface area (Å²) >= 11 is 0. The minimum atomic E-state index is 0.637. The number of ether oxygens (including phenoxy) is 1. The van der Waals surface area contributed by atoms with Crippen molar-refractivity contribution in [3.63, 3.8) is 0 Å². The molecule has 2 unspecified atom stereocenters. The van der Waals surface area contributed by atoms with Crippen molar-refractivity contribution in [1.29, 1.82) is 0 Å². The van der Waals surface area contributed by atoms with Gasteiger partial charge < -0.3 is 4.74 Å². The van der Waals surface area contributed by atoms with Crippen LogP contribution in [0.2, 0.25) is 0 Å². The van der Waals surface area contributed by atoms with E-state index >= 15 is 0 Å². The minimum Gasteiger partial charge on any atom is -0.374 e. The second-order valence-corrected chi connectivity index (χ2v) is 3.22. The Morgan fingerprint density at radius 2 is 2.33 bits per heavy atom. The molecule has 1 saturated carbocycles. The van der Waals surface area contributed by atoms with Crippen LogP contribution in [0.25, 0.3) is 0 Å². The van der Waals surface area contributed by atoms with Gasteiger partial charge in [0, 0.05) is 5.92 Å². The van der Waals surface area contributed by atoms with Crippen molar-refractivity contribution < 1.29 is 4.74 Å². The van der Waals surface area contributed by atoms with Crippen LogP contribution < -0.4 is 0 Å². The van der Waals surface area contributed by atoms with Gasteiger partial charge in [-0.3, -0.25) is 0 Å². The summed E-state index contributed by atoms with van der Waals surface area (Å²) in [5.41, 5.74) is 0. The van der Waals surface area contributed by atoms with E-state index in [0.29, 0.717) is 12.2 Å². The second kappa shape index (κ2) is 1.98. The van der Waals surface area contributed by atoms with Gasteiger partial charge in [-0.1, -0.05) is 13.3 Å². The lowest BCUT2D eigenvalue weighted by atomic mass is 9.90. The van der Waals surface area contributed by atoms with E-state index in [-0.39, 0.29) is 0 Å². The zero-order chi connectivity index (χ0) is 6.27. The average molecular weight is 126 g/mol. The highest BCUT2D eigenvalue weighted by molar-refractivity contribution is 4.91. The van der Waals surface area contributed by atoms with Crippen molar-refractivity contribution in [2.45, 2.75) is 44.8 Å². The Balaban J connectivity index is 1.93. The van der Waals surface area contributed by atoms with Crippen LogP contribution in [-0.4, -0.2) is 12.2 Å². The van der Waals surface area contributed by atoms with E-state index in [1.165, 1.54) is 25.7 Å². The molecule has 0 amide bonds. The first-order chi connectivity index (χ1) is 4.42. The lowest BCUT2D eigenvalue weighted by Gasteiger charge is -2.40. The predicted octanol–water partition coefficient (Wildman–Crippen LogP) is 1.96. The van der Waals surface area contributed by atoms with E-state index in [1.807, 2.05) is 0 Å². The fourth-order valence-corrected chi connectivity index (χ4v) is 2.18. The first kappa shape index (κ1) is 5.72. The molecule has 52 valence electrons. The Labute approximate surface area is 56.4 Å². The van der Waals surface area contributed by atoms with Crippen LogP contribution in [-0.2, 0) is 4.74 Å². The van der Waals surface area contributed by atoms with Crippen LogP contribution in [0.4, 0.5) is 0 Å². The van der Waals surface area contributed by atoms with Crippen LogP contribution in [0.5, 0.6) is 0 Å². The maximum Gasteiger partial charge on any atom is 0.0632 e. The summed E-state index contributed by atoms with van der Waals surface area (Å²) < 4.78 is 5.61. The van der Waals surface area contributed by atoms with Crippen molar-refractivity contribution in [3.8, 4) is 0 Å². The molecular weight excluding hydrogens is 112 g/mol. The molecule has 0 radical (unpaired) electrons. The molecule has 0 bridgehead atoms. The molecule has 1 aliphatic heterocycles. The van der Waals surface area contributed by atoms with E-state index in [4.69, 9.17) is 4.74 Å². The van der Waals surface area contributed by atoms with Gasteiger partial charge in [0.15, 0.2) is 0 Å². The van der Waals surface area contributed by atoms with Gasteiger partial charge in [0.1, 0.15) is 0 Å². The second-order valence-electron chi connectivity index (χ2n) is 3.22. The SMILES string of the molecule is CC[C@@H]1OC2CCCC21. The highest BCUT2D eigenvalue weighted by atomic mass is 16.5. The molecule has 1 heteroatoms. The number of rotatable bonds is 1. The zero-order valence-electron chi connectivity index (χ0n) is 5.97. The molecular formula is C8H14O. The third kappa shape index (κ3) is 0.710. The van der Waals surface area contributed by atoms with E-state index < -0.39 is 0 Å². The maximum atomic E-state index is 5.61. The highest BCUT2D eigenvalue weighted by Crippen LogP contribution is 2.42. The summed E-state index contributed by atoms with van der Waals surface area (Å²) in [5.74, 6) is 0.954. The first-order valence-corrected chi connectivity index (χ1v) is 4.07. The van der Waals surface area contributed by atoms with Crippen LogP contribution in [0.1, 0.15) is 32.6 Å². The Hall–Kier alpha value is -0.0400. The van der Waals surface area contributed by atoms with Gasteiger partial charge in [-0.15, -0.1) is 0 Å². The number of fused-ring (bicyclic) bond motifs is 1. The fraction of sp³-hybridized carbons (Fsp3) is 1.00. The Bertz CT molecular complexity index is 111. The standard InChI is InChI=1S/C8H14O/c1-2-7-6-4-3-5-8(6)9-7/h6-8H,2-5H2,1H3/t6?,7-,8?/m0/s1. The van der Waals surface area contributed by atoms with Gasteiger partial charge >= 0.3 is 0 Å². The molecule has 0 aromatic rings. The van der Waals surface area contributed by atoms with Crippen molar-refractivity contribution >= 4 is 0 Å². The normalized spacial score (nSPS) is 48.3. The molecule has 0 spiro atoms. The third-order valence-corrected chi connectivity index (χ3v) is 2.73.